The average molecular weight is 393 g/mol. The van der Waals surface area contributed by atoms with Crippen molar-refractivity contribution in [3.05, 3.63) is 66.0 Å². The number of carbonyl (C=O) groups is 2. The molecule has 2 heterocycles. The van der Waals surface area contributed by atoms with E-state index in [1.54, 1.807) is 19.4 Å². The van der Waals surface area contributed by atoms with Gasteiger partial charge in [-0.15, -0.1) is 0 Å². The number of carbonyl (C=O) groups excluding carboxylic acids is 2. The molecule has 0 saturated heterocycles. The van der Waals surface area contributed by atoms with Crippen LogP contribution in [0.2, 0.25) is 0 Å². The van der Waals surface area contributed by atoms with E-state index in [2.05, 4.69) is 10.3 Å². The number of anilines is 1. The van der Waals surface area contributed by atoms with E-state index in [9.17, 15) is 9.59 Å². The van der Waals surface area contributed by atoms with Gasteiger partial charge >= 0.3 is 0 Å². The first-order chi connectivity index (χ1) is 13.6. The molecular weight excluding hydrogens is 374 g/mol. The zero-order valence-corrected chi connectivity index (χ0v) is 16.2. The second-order valence-corrected chi connectivity index (χ2v) is 7.35. The Balaban J connectivity index is 1.46. The maximum Gasteiger partial charge on any atom is 0.224 e. The van der Waals surface area contributed by atoms with Crippen molar-refractivity contribution in [2.24, 2.45) is 0 Å². The largest absolute Gasteiger partial charge is 0.497 e. The number of nitrogens with one attached hydrogen (secondary N) is 1. The number of fused-ring (bicyclic) bond motifs is 1. The number of rotatable bonds is 6. The highest BCUT2D eigenvalue weighted by molar-refractivity contribution is 7.99. The van der Waals surface area contributed by atoms with Crippen molar-refractivity contribution in [1.29, 1.82) is 0 Å². The number of aryl methyl sites for hydroxylation is 1. The number of imidazole rings is 1. The van der Waals surface area contributed by atoms with Gasteiger partial charge in [0.2, 0.25) is 5.91 Å². The third-order valence-corrected chi connectivity index (χ3v) is 5.58. The Bertz CT molecular complexity index is 1030. The average Bonchev–Trinajstić information content (AvgIpc) is 3.20. The summed E-state index contributed by atoms with van der Waals surface area (Å²) in [5, 5.41) is 3.59. The number of aromatic nitrogens is 2. The zero-order valence-electron chi connectivity index (χ0n) is 15.3. The molecule has 6 nitrogen and oxygen atoms in total. The molecule has 3 aromatic rings. The summed E-state index contributed by atoms with van der Waals surface area (Å²) < 4.78 is 7.14. The highest BCUT2D eigenvalue weighted by atomic mass is 32.2. The third-order valence-electron chi connectivity index (χ3n) is 4.61. The molecule has 28 heavy (non-hydrogen) atoms. The lowest BCUT2D eigenvalue weighted by Gasteiger charge is -2.17. The Morgan fingerprint density at radius 3 is 2.82 bits per heavy atom. The predicted molar refractivity (Wildman–Crippen MR) is 109 cm³/mol. The molecule has 0 saturated carbocycles. The van der Waals surface area contributed by atoms with Gasteiger partial charge in [-0.2, -0.15) is 0 Å². The third kappa shape index (κ3) is 3.80. The zero-order chi connectivity index (χ0) is 19.5. The van der Waals surface area contributed by atoms with Crippen LogP contribution in [0, 0.1) is 0 Å². The minimum absolute atomic E-state index is 0.0208. The van der Waals surface area contributed by atoms with Crippen molar-refractivity contribution < 1.29 is 14.3 Å². The number of methoxy groups -OCH3 is 1. The Morgan fingerprint density at radius 1 is 1.21 bits per heavy atom. The SMILES string of the molecule is COc1ccc(-n2ccnc2SCC(=O)c2ccc3c(c2)CCC(=O)N3)cc1. The summed E-state index contributed by atoms with van der Waals surface area (Å²) >= 11 is 1.40. The topological polar surface area (TPSA) is 73.2 Å². The maximum absolute atomic E-state index is 12.7. The van der Waals surface area contributed by atoms with Gasteiger partial charge in [-0.1, -0.05) is 11.8 Å². The van der Waals surface area contributed by atoms with E-state index in [0.29, 0.717) is 18.4 Å². The molecule has 0 radical (unpaired) electrons. The lowest BCUT2D eigenvalue weighted by Crippen LogP contribution is -2.19. The van der Waals surface area contributed by atoms with Crippen LogP contribution in [-0.4, -0.2) is 34.1 Å². The first-order valence-corrected chi connectivity index (χ1v) is 9.89. The number of ketones is 1. The predicted octanol–water partition coefficient (Wildman–Crippen LogP) is 3.74. The minimum Gasteiger partial charge on any atom is -0.497 e. The number of nitrogens with zero attached hydrogens (tertiary/aromatic N) is 2. The molecule has 1 aliphatic rings. The summed E-state index contributed by atoms with van der Waals surface area (Å²) in [4.78, 5) is 28.5. The molecule has 0 atom stereocenters. The molecule has 142 valence electrons. The number of ether oxygens (including phenoxy) is 1. The van der Waals surface area contributed by atoms with E-state index in [1.807, 2.05) is 47.2 Å². The number of thioether (sulfide) groups is 1. The smallest absolute Gasteiger partial charge is 0.224 e. The van der Waals surface area contributed by atoms with Crippen LogP contribution in [-0.2, 0) is 11.2 Å². The lowest BCUT2D eigenvalue weighted by atomic mass is 9.99. The molecule has 1 aromatic heterocycles. The summed E-state index contributed by atoms with van der Waals surface area (Å²) in [5.41, 5.74) is 3.42. The van der Waals surface area contributed by atoms with Gasteiger partial charge in [0, 0.05) is 35.8 Å². The molecule has 0 fully saturated rings. The van der Waals surface area contributed by atoms with Crippen LogP contribution in [0.25, 0.3) is 5.69 Å². The fourth-order valence-corrected chi connectivity index (χ4v) is 3.97. The number of hydrogen-bond donors (Lipinski definition) is 1. The van der Waals surface area contributed by atoms with Crippen molar-refractivity contribution in [2.45, 2.75) is 18.0 Å². The summed E-state index contributed by atoms with van der Waals surface area (Å²) in [7, 11) is 1.63. The van der Waals surface area contributed by atoms with Crippen LogP contribution in [0.15, 0.2) is 60.0 Å². The van der Waals surface area contributed by atoms with Gasteiger partial charge in [0.1, 0.15) is 5.75 Å². The molecule has 7 heteroatoms. The van der Waals surface area contributed by atoms with E-state index in [-0.39, 0.29) is 17.4 Å². The lowest BCUT2D eigenvalue weighted by molar-refractivity contribution is -0.116. The van der Waals surface area contributed by atoms with Crippen molar-refractivity contribution in [3.63, 3.8) is 0 Å². The van der Waals surface area contributed by atoms with Crippen LogP contribution in [0.3, 0.4) is 0 Å². The fourth-order valence-electron chi connectivity index (χ4n) is 3.11. The van der Waals surface area contributed by atoms with Crippen molar-refractivity contribution >= 4 is 29.1 Å². The molecule has 4 rings (SSSR count). The van der Waals surface area contributed by atoms with Crippen molar-refractivity contribution in [1.82, 2.24) is 9.55 Å². The van der Waals surface area contributed by atoms with Gasteiger partial charge in [-0.05, 0) is 54.4 Å². The summed E-state index contributed by atoms with van der Waals surface area (Å²) in [6, 6.07) is 13.1. The molecule has 1 aliphatic heterocycles. The molecule has 2 aromatic carbocycles. The minimum atomic E-state index is 0.0208. The Morgan fingerprint density at radius 2 is 2.04 bits per heavy atom. The van der Waals surface area contributed by atoms with E-state index in [4.69, 9.17) is 4.74 Å². The van der Waals surface area contributed by atoms with Gasteiger partial charge in [-0.25, -0.2) is 4.98 Å². The highest BCUT2D eigenvalue weighted by Crippen LogP contribution is 2.26. The summed E-state index contributed by atoms with van der Waals surface area (Å²) in [6.07, 6.45) is 4.71. The van der Waals surface area contributed by atoms with E-state index >= 15 is 0 Å². The van der Waals surface area contributed by atoms with Crippen LogP contribution < -0.4 is 10.1 Å². The van der Waals surface area contributed by atoms with Crippen molar-refractivity contribution in [2.75, 3.05) is 18.2 Å². The standard InChI is InChI=1S/C21H19N3O3S/c1-27-17-6-4-16(5-7-17)24-11-10-22-21(24)28-13-19(25)15-2-8-18-14(12-15)3-9-20(26)23-18/h2,4-8,10-12H,3,9,13H2,1H3,(H,23,26). The molecule has 0 unspecified atom stereocenters. The van der Waals surface area contributed by atoms with Crippen LogP contribution in [0.1, 0.15) is 22.3 Å². The molecule has 0 spiro atoms. The second kappa shape index (κ2) is 7.90. The second-order valence-electron chi connectivity index (χ2n) is 6.41. The summed E-state index contributed by atoms with van der Waals surface area (Å²) in [5.74, 6) is 1.14. The van der Waals surface area contributed by atoms with Crippen molar-refractivity contribution in [3.8, 4) is 11.4 Å². The number of Topliss-reactive ketones (excluding diaryl/α,β-unsaturated/α-hetero) is 1. The number of amides is 1. The van der Waals surface area contributed by atoms with Gasteiger partial charge in [0.05, 0.1) is 12.9 Å². The number of benzene rings is 2. The Labute approximate surface area is 166 Å². The Kier molecular flexibility index (Phi) is 5.16. The van der Waals surface area contributed by atoms with Gasteiger partial charge < -0.3 is 10.1 Å². The maximum atomic E-state index is 12.7. The molecule has 1 N–H and O–H groups in total. The fraction of sp³-hybridized carbons (Fsp3) is 0.190. The number of hydrogen-bond acceptors (Lipinski definition) is 5. The first kappa shape index (κ1) is 18.3. The van der Waals surface area contributed by atoms with Gasteiger partial charge in [0.25, 0.3) is 0 Å². The first-order valence-electron chi connectivity index (χ1n) is 8.90. The molecule has 0 bridgehead atoms. The van der Waals surface area contributed by atoms with Crippen LogP contribution in [0.4, 0.5) is 5.69 Å². The monoisotopic (exact) mass is 393 g/mol. The van der Waals surface area contributed by atoms with E-state index < -0.39 is 0 Å². The van der Waals surface area contributed by atoms with Crippen LogP contribution >= 0.6 is 11.8 Å². The summed E-state index contributed by atoms with van der Waals surface area (Å²) in [6.45, 7) is 0. The normalized spacial score (nSPS) is 13.0. The van der Waals surface area contributed by atoms with E-state index in [1.165, 1.54) is 11.8 Å². The van der Waals surface area contributed by atoms with Crippen LogP contribution in [0.5, 0.6) is 5.75 Å². The quantitative estimate of drug-likeness (QED) is 0.510. The molecular formula is C21H19N3O3S. The van der Waals surface area contributed by atoms with E-state index in [0.717, 1.165) is 27.8 Å². The van der Waals surface area contributed by atoms with Gasteiger partial charge in [0.15, 0.2) is 10.9 Å². The van der Waals surface area contributed by atoms with Gasteiger partial charge in [-0.3, -0.25) is 14.2 Å². The Hall–Kier alpha value is -3.06. The molecule has 0 aliphatic carbocycles. The molecule has 1 amide bonds. The highest BCUT2D eigenvalue weighted by Gasteiger charge is 2.17.